The summed E-state index contributed by atoms with van der Waals surface area (Å²) in [6.07, 6.45) is 2.57. The highest BCUT2D eigenvalue weighted by Gasteiger charge is 2.27. The van der Waals surface area contributed by atoms with Crippen molar-refractivity contribution < 1.29 is 14.3 Å². The summed E-state index contributed by atoms with van der Waals surface area (Å²) in [6, 6.07) is 19.7. The van der Waals surface area contributed by atoms with E-state index in [2.05, 4.69) is 0 Å². The van der Waals surface area contributed by atoms with E-state index in [1.165, 1.54) is 0 Å². The molecule has 2 aromatic carbocycles. The molecule has 0 saturated carbocycles. The molecule has 0 bridgehead atoms. The molecule has 1 atom stereocenters. The number of ether oxygens (including phenoxy) is 2. The average molecular weight is 420 g/mol. The predicted molar refractivity (Wildman–Crippen MR) is 120 cm³/mol. The minimum atomic E-state index is 0.0887. The van der Waals surface area contributed by atoms with Crippen LogP contribution in [0, 0.1) is 0 Å². The first-order valence-corrected chi connectivity index (χ1v) is 10.9. The molecule has 0 spiro atoms. The van der Waals surface area contributed by atoms with Crippen LogP contribution in [0.5, 0.6) is 11.6 Å². The minimum absolute atomic E-state index is 0.0887. The Morgan fingerprint density at radius 2 is 1.87 bits per heavy atom. The molecule has 6 heteroatoms. The van der Waals surface area contributed by atoms with Crippen molar-refractivity contribution in [2.45, 2.75) is 38.8 Å². The highest BCUT2D eigenvalue weighted by Crippen LogP contribution is 2.34. The first kappa shape index (κ1) is 21.1. The van der Waals surface area contributed by atoms with Gasteiger partial charge in [0.05, 0.1) is 18.2 Å². The zero-order valence-corrected chi connectivity index (χ0v) is 18.2. The van der Waals surface area contributed by atoms with Crippen molar-refractivity contribution in [1.29, 1.82) is 0 Å². The Morgan fingerprint density at radius 3 is 2.52 bits per heavy atom. The van der Waals surface area contributed by atoms with E-state index in [0.717, 1.165) is 42.0 Å². The molecule has 4 rings (SSSR count). The number of rotatable bonds is 8. The van der Waals surface area contributed by atoms with E-state index in [0.29, 0.717) is 25.4 Å². The molecule has 1 aliphatic rings. The second-order valence-corrected chi connectivity index (χ2v) is 7.80. The second-order valence-electron chi connectivity index (χ2n) is 7.80. The topological polar surface area (TPSA) is 56.6 Å². The van der Waals surface area contributed by atoms with E-state index < -0.39 is 0 Å². The van der Waals surface area contributed by atoms with E-state index in [9.17, 15) is 4.79 Å². The second kappa shape index (κ2) is 9.79. The summed E-state index contributed by atoms with van der Waals surface area (Å²) in [7, 11) is 1.88. The maximum absolute atomic E-state index is 12.8. The third-order valence-corrected chi connectivity index (χ3v) is 5.55. The van der Waals surface area contributed by atoms with Gasteiger partial charge in [0.1, 0.15) is 11.4 Å². The van der Waals surface area contributed by atoms with Crippen molar-refractivity contribution in [1.82, 2.24) is 14.7 Å². The first-order chi connectivity index (χ1) is 15.2. The molecule has 0 radical (unpaired) electrons. The van der Waals surface area contributed by atoms with Crippen molar-refractivity contribution in [2.24, 2.45) is 7.05 Å². The summed E-state index contributed by atoms with van der Waals surface area (Å²) >= 11 is 0. The lowest BCUT2D eigenvalue weighted by Crippen LogP contribution is -2.36. The maximum Gasteiger partial charge on any atom is 0.223 e. The van der Waals surface area contributed by atoms with E-state index in [-0.39, 0.29) is 12.0 Å². The molecule has 6 nitrogen and oxygen atoms in total. The Balaban J connectivity index is 1.72. The molecule has 162 valence electrons. The van der Waals surface area contributed by atoms with Gasteiger partial charge in [0.15, 0.2) is 0 Å². The van der Waals surface area contributed by atoms with Crippen LogP contribution in [-0.2, 0) is 23.1 Å². The third-order valence-electron chi connectivity index (χ3n) is 5.55. The summed E-state index contributed by atoms with van der Waals surface area (Å²) in [5.74, 6) is 1.48. The SMILES string of the molecule is CCC(=O)N(Cc1c(-c2ccccc2)nn(C)c1Oc1ccccc1)C[C@H]1CCCO1. The Labute approximate surface area is 183 Å². The summed E-state index contributed by atoms with van der Waals surface area (Å²) in [6.45, 7) is 3.67. The molecule has 3 aromatic rings. The molecule has 2 heterocycles. The number of amides is 1. The molecule has 0 unspecified atom stereocenters. The predicted octanol–water partition coefficient (Wildman–Crippen LogP) is 4.80. The van der Waals surface area contributed by atoms with Gasteiger partial charge in [-0.3, -0.25) is 4.79 Å². The van der Waals surface area contributed by atoms with E-state index in [1.54, 1.807) is 4.68 Å². The number of aromatic nitrogens is 2. The smallest absolute Gasteiger partial charge is 0.223 e. The molecule has 0 N–H and O–H groups in total. The standard InChI is InChI=1S/C25H29N3O3/c1-3-23(29)28(17-21-15-10-16-30-21)18-22-24(19-11-6-4-7-12-19)26-27(2)25(22)31-20-13-8-5-9-14-20/h4-9,11-14,21H,3,10,15-18H2,1-2H3/t21-/m1/s1. The van der Waals surface area contributed by atoms with Crippen LogP contribution < -0.4 is 4.74 Å². The molecule has 1 amide bonds. The van der Waals surface area contributed by atoms with E-state index in [4.69, 9.17) is 14.6 Å². The molecule has 0 aliphatic carbocycles. The Kier molecular flexibility index (Phi) is 6.67. The summed E-state index contributed by atoms with van der Waals surface area (Å²) in [5, 5.41) is 4.77. The Bertz CT molecular complexity index is 996. The average Bonchev–Trinajstić information content (AvgIpc) is 3.43. The number of aryl methyl sites for hydroxylation is 1. The Hall–Kier alpha value is -3.12. The molecular weight excluding hydrogens is 390 g/mol. The van der Waals surface area contributed by atoms with Gasteiger partial charge < -0.3 is 14.4 Å². The number of para-hydroxylation sites is 1. The lowest BCUT2D eigenvalue weighted by Gasteiger charge is -2.25. The first-order valence-electron chi connectivity index (χ1n) is 10.9. The number of carbonyl (C=O) groups excluding carboxylic acids is 1. The van der Waals surface area contributed by atoms with Gasteiger partial charge in [-0.15, -0.1) is 0 Å². The summed E-state index contributed by atoms with van der Waals surface area (Å²) < 4.78 is 13.8. The molecule has 1 aliphatic heterocycles. The van der Waals surface area contributed by atoms with Crippen LogP contribution in [0.1, 0.15) is 31.7 Å². The minimum Gasteiger partial charge on any atom is -0.439 e. The van der Waals surface area contributed by atoms with Crippen LogP contribution in [0.4, 0.5) is 0 Å². The quantitative estimate of drug-likeness (QED) is 0.526. The van der Waals surface area contributed by atoms with Gasteiger partial charge in [-0.25, -0.2) is 4.68 Å². The van der Waals surface area contributed by atoms with Crippen LogP contribution in [0.2, 0.25) is 0 Å². The molecule has 31 heavy (non-hydrogen) atoms. The monoisotopic (exact) mass is 419 g/mol. The number of benzene rings is 2. The number of nitrogens with zero attached hydrogens (tertiary/aromatic N) is 3. The normalized spacial score (nSPS) is 15.7. The van der Waals surface area contributed by atoms with Gasteiger partial charge in [0.25, 0.3) is 0 Å². The van der Waals surface area contributed by atoms with Gasteiger partial charge in [0, 0.05) is 32.2 Å². The van der Waals surface area contributed by atoms with E-state index in [1.807, 2.05) is 79.5 Å². The van der Waals surface area contributed by atoms with Crippen LogP contribution in [0.15, 0.2) is 60.7 Å². The van der Waals surface area contributed by atoms with Crippen molar-refractivity contribution in [3.05, 3.63) is 66.2 Å². The summed E-state index contributed by atoms with van der Waals surface area (Å²) in [4.78, 5) is 14.7. The van der Waals surface area contributed by atoms with Gasteiger partial charge >= 0.3 is 0 Å². The van der Waals surface area contributed by atoms with Crippen LogP contribution in [0.25, 0.3) is 11.3 Å². The molecule has 1 saturated heterocycles. The van der Waals surface area contributed by atoms with Crippen molar-refractivity contribution in [3.8, 4) is 22.9 Å². The van der Waals surface area contributed by atoms with Crippen LogP contribution >= 0.6 is 0 Å². The van der Waals surface area contributed by atoms with Crippen LogP contribution in [-0.4, -0.2) is 39.8 Å². The fraction of sp³-hybridized carbons (Fsp3) is 0.360. The van der Waals surface area contributed by atoms with Crippen molar-refractivity contribution in [3.63, 3.8) is 0 Å². The fourth-order valence-corrected chi connectivity index (χ4v) is 3.95. The number of hydrogen-bond donors (Lipinski definition) is 0. The third kappa shape index (κ3) is 4.97. The summed E-state index contributed by atoms with van der Waals surface area (Å²) in [5.41, 5.74) is 2.73. The Morgan fingerprint density at radius 1 is 1.16 bits per heavy atom. The molecule has 1 aromatic heterocycles. The zero-order chi connectivity index (χ0) is 21.6. The fourth-order valence-electron chi connectivity index (χ4n) is 3.95. The van der Waals surface area contributed by atoms with E-state index >= 15 is 0 Å². The van der Waals surface area contributed by atoms with Gasteiger partial charge in [0.2, 0.25) is 11.8 Å². The zero-order valence-electron chi connectivity index (χ0n) is 18.2. The number of carbonyl (C=O) groups is 1. The highest BCUT2D eigenvalue weighted by molar-refractivity contribution is 5.76. The van der Waals surface area contributed by atoms with Crippen molar-refractivity contribution in [2.75, 3.05) is 13.2 Å². The molecule has 1 fully saturated rings. The van der Waals surface area contributed by atoms with Gasteiger partial charge in [-0.1, -0.05) is 55.5 Å². The lowest BCUT2D eigenvalue weighted by atomic mass is 10.1. The lowest BCUT2D eigenvalue weighted by molar-refractivity contribution is -0.133. The van der Waals surface area contributed by atoms with Gasteiger partial charge in [-0.05, 0) is 25.0 Å². The maximum atomic E-state index is 12.8. The highest BCUT2D eigenvalue weighted by atomic mass is 16.5. The van der Waals surface area contributed by atoms with Crippen LogP contribution in [0.3, 0.4) is 0 Å². The number of hydrogen-bond acceptors (Lipinski definition) is 4. The molecular formula is C25H29N3O3. The van der Waals surface area contributed by atoms with Crippen molar-refractivity contribution >= 4 is 5.91 Å². The largest absolute Gasteiger partial charge is 0.439 e. The van der Waals surface area contributed by atoms with Gasteiger partial charge in [-0.2, -0.15) is 5.10 Å².